The molecule has 4 heteroatoms. The lowest BCUT2D eigenvalue weighted by atomic mass is 10.1. The van der Waals surface area contributed by atoms with Crippen molar-refractivity contribution < 1.29 is 4.74 Å². The van der Waals surface area contributed by atoms with Crippen LogP contribution in [0.15, 0.2) is 30.5 Å². The molecule has 0 saturated carbocycles. The van der Waals surface area contributed by atoms with E-state index in [1.165, 1.54) is 5.39 Å². The van der Waals surface area contributed by atoms with E-state index in [1.807, 2.05) is 12.1 Å². The third-order valence-corrected chi connectivity index (χ3v) is 4.05. The minimum atomic E-state index is 0.603. The van der Waals surface area contributed by atoms with Crippen molar-refractivity contribution in [1.29, 1.82) is 0 Å². The highest BCUT2D eigenvalue weighted by Crippen LogP contribution is 2.24. The summed E-state index contributed by atoms with van der Waals surface area (Å²) in [7, 11) is 0. The molecule has 2 heterocycles. The summed E-state index contributed by atoms with van der Waals surface area (Å²) in [5.41, 5.74) is 1.14. The first kappa shape index (κ1) is 13.0. The standard InChI is InChI=1S/C15H19ClN2O/c16-14-3-1-2-12-4-8-18(15(12)14)9-7-17-13-5-10-19-11-6-13/h1-4,8,13,17H,5-7,9-11H2. The lowest BCUT2D eigenvalue weighted by Gasteiger charge is -2.23. The summed E-state index contributed by atoms with van der Waals surface area (Å²) in [6.45, 7) is 3.69. The molecular formula is C15H19ClN2O. The molecule has 1 fully saturated rings. The zero-order valence-electron chi connectivity index (χ0n) is 10.9. The number of hydrogen-bond acceptors (Lipinski definition) is 2. The molecule has 19 heavy (non-hydrogen) atoms. The van der Waals surface area contributed by atoms with Crippen molar-refractivity contribution >= 4 is 22.5 Å². The second-order valence-electron chi connectivity index (χ2n) is 5.03. The number of fused-ring (bicyclic) bond motifs is 1. The Kier molecular flexibility index (Phi) is 4.06. The van der Waals surface area contributed by atoms with Crippen LogP contribution in [0.3, 0.4) is 0 Å². The van der Waals surface area contributed by atoms with Crippen molar-refractivity contribution in [3.63, 3.8) is 0 Å². The van der Waals surface area contributed by atoms with Gasteiger partial charge < -0.3 is 14.6 Å². The highest BCUT2D eigenvalue weighted by atomic mass is 35.5. The number of nitrogens with zero attached hydrogens (tertiary/aromatic N) is 1. The Morgan fingerprint density at radius 1 is 1.26 bits per heavy atom. The SMILES string of the molecule is Clc1cccc2ccn(CCNC3CCOCC3)c12. The number of ether oxygens (including phenoxy) is 1. The Morgan fingerprint density at radius 2 is 2.11 bits per heavy atom. The van der Waals surface area contributed by atoms with Gasteiger partial charge in [-0.2, -0.15) is 0 Å². The zero-order valence-corrected chi connectivity index (χ0v) is 11.7. The highest BCUT2D eigenvalue weighted by Gasteiger charge is 2.12. The molecule has 3 rings (SSSR count). The summed E-state index contributed by atoms with van der Waals surface area (Å²) in [5, 5.41) is 5.63. The summed E-state index contributed by atoms with van der Waals surface area (Å²) >= 11 is 6.27. The Bertz CT molecular complexity index is 546. The molecule has 2 aromatic rings. The first-order valence-corrected chi connectivity index (χ1v) is 7.27. The van der Waals surface area contributed by atoms with E-state index in [9.17, 15) is 0 Å². The Labute approximate surface area is 118 Å². The Morgan fingerprint density at radius 3 is 2.95 bits per heavy atom. The zero-order chi connectivity index (χ0) is 13.1. The molecule has 1 aromatic heterocycles. The summed E-state index contributed by atoms with van der Waals surface area (Å²) < 4.78 is 7.59. The van der Waals surface area contributed by atoms with E-state index >= 15 is 0 Å². The van der Waals surface area contributed by atoms with Gasteiger partial charge in [-0.3, -0.25) is 0 Å². The highest BCUT2D eigenvalue weighted by molar-refractivity contribution is 6.35. The van der Waals surface area contributed by atoms with E-state index in [0.29, 0.717) is 6.04 Å². The maximum absolute atomic E-state index is 6.27. The van der Waals surface area contributed by atoms with Crippen LogP contribution in [0.25, 0.3) is 10.9 Å². The molecule has 0 radical (unpaired) electrons. The van der Waals surface area contributed by atoms with Gasteiger partial charge in [-0.05, 0) is 25.0 Å². The molecule has 0 aliphatic carbocycles. The van der Waals surface area contributed by atoms with Gasteiger partial charge in [-0.1, -0.05) is 23.7 Å². The molecule has 1 aliphatic heterocycles. The first-order chi connectivity index (χ1) is 9.34. The molecular weight excluding hydrogens is 260 g/mol. The van der Waals surface area contributed by atoms with Gasteiger partial charge in [0.15, 0.2) is 0 Å². The van der Waals surface area contributed by atoms with Gasteiger partial charge in [0.05, 0.1) is 10.5 Å². The predicted molar refractivity (Wildman–Crippen MR) is 78.8 cm³/mol. The second-order valence-corrected chi connectivity index (χ2v) is 5.43. The molecule has 1 saturated heterocycles. The topological polar surface area (TPSA) is 26.2 Å². The summed E-state index contributed by atoms with van der Waals surface area (Å²) in [4.78, 5) is 0. The monoisotopic (exact) mass is 278 g/mol. The fraction of sp³-hybridized carbons (Fsp3) is 0.467. The molecule has 1 N–H and O–H groups in total. The lowest BCUT2D eigenvalue weighted by molar-refractivity contribution is 0.0779. The van der Waals surface area contributed by atoms with E-state index in [1.54, 1.807) is 0 Å². The molecule has 1 aromatic carbocycles. The van der Waals surface area contributed by atoms with E-state index in [2.05, 4.69) is 28.2 Å². The van der Waals surface area contributed by atoms with Gasteiger partial charge >= 0.3 is 0 Å². The van der Waals surface area contributed by atoms with Crippen LogP contribution < -0.4 is 5.32 Å². The van der Waals surface area contributed by atoms with Crippen LogP contribution in [-0.2, 0) is 11.3 Å². The molecule has 0 unspecified atom stereocenters. The van der Waals surface area contributed by atoms with Crippen LogP contribution in [0.1, 0.15) is 12.8 Å². The molecule has 0 bridgehead atoms. The van der Waals surface area contributed by atoms with Gasteiger partial charge in [0.1, 0.15) is 0 Å². The van der Waals surface area contributed by atoms with Crippen LogP contribution in [0.4, 0.5) is 0 Å². The molecule has 102 valence electrons. The number of benzene rings is 1. The molecule has 1 aliphatic rings. The van der Waals surface area contributed by atoms with Crippen LogP contribution in [-0.4, -0.2) is 30.4 Å². The maximum Gasteiger partial charge on any atom is 0.0670 e. The van der Waals surface area contributed by atoms with E-state index in [-0.39, 0.29) is 0 Å². The van der Waals surface area contributed by atoms with E-state index in [4.69, 9.17) is 16.3 Å². The van der Waals surface area contributed by atoms with Crippen molar-refractivity contribution in [3.05, 3.63) is 35.5 Å². The fourth-order valence-electron chi connectivity index (χ4n) is 2.69. The lowest BCUT2D eigenvalue weighted by Crippen LogP contribution is -2.36. The third kappa shape index (κ3) is 2.94. The second kappa shape index (κ2) is 5.95. The molecule has 3 nitrogen and oxygen atoms in total. The van der Waals surface area contributed by atoms with Crippen molar-refractivity contribution in [2.24, 2.45) is 0 Å². The van der Waals surface area contributed by atoms with Crippen LogP contribution in [0.2, 0.25) is 5.02 Å². The van der Waals surface area contributed by atoms with Crippen molar-refractivity contribution in [2.45, 2.75) is 25.4 Å². The van der Waals surface area contributed by atoms with Gasteiger partial charge in [0.25, 0.3) is 0 Å². The average Bonchev–Trinajstić information content (AvgIpc) is 2.85. The molecule has 0 atom stereocenters. The first-order valence-electron chi connectivity index (χ1n) is 6.89. The third-order valence-electron chi connectivity index (χ3n) is 3.75. The summed E-state index contributed by atoms with van der Waals surface area (Å²) in [6, 6.07) is 8.77. The van der Waals surface area contributed by atoms with Crippen molar-refractivity contribution in [3.8, 4) is 0 Å². The largest absolute Gasteiger partial charge is 0.381 e. The minimum Gasteiger partial charge on any atom is -0.381 e. The van der Waals surface area contributed by atoms with Crippen molar-refractivity contribution in [1.82, 2.24) is 9.88 Å². The number of para-hydroxylation sites is 1. The molecule has 0 spiro atoms. The predicted octanol–water partition coefficient (Wildman–Crippen LogP) is 3.06. The fourth-order valence-corrected chi connectivity index (χ4v) is 2.98. The normalized spacial score (nSPS) is 17.1. The van der Waals surface area contributed by atoms with Crippen molar-refractivity contribution in [2.75, 3.05) is 19.8 Å². The quantitative estimate of drug-likeness (QED) is 0.930. The molecule has 0 amide bonds. The number of hydrogen-bond donors (Lipinski definition) is 1. The van der Waals surface area contributed by atoms with Crippen LogP contribution in [0, 0.1) is 0 Å². The minimum absolute atomic E-state index is 0.603. The Balaban J connectivity index is 1.62. The van der Waals surface area contributed by atoms with E-state index in [0.717, 1.165) is 49.7 Å². The van der Waals surface area contributed by atoms with E-state index < -0.39 is 0 Å². The summed E-state index contributed by atoms with van der Waals surface area (Å²) in [5.74, 6) is 0. The number of rotatable bonds is 4. The number of nitrogens with one attached hydrogen (secondary N) is 1. The van der Waals surface area contributed by atoms with Gasteiger partial charge in [0.2, 0.25) is 0 Å². The average molecular weight is 279 g/mol. The van der Waals surface area contributed by atoms with Gasteiger partial charge in [0, 0.05) is 43.9 Å². The maximum atomic E-state index is 6.27. The number of aromatic nitrogens is 1. The Hall–Kier alpha value is -1.03. The van der Waals surface area contributed by atoms with Crippen LogP contribution in [0.5, 0.6) is 0 Å². The summed E-state index contributed by atoms with van der Waals surface area (Å²) in [6.07, 6.45) is 4.35. The van der Waals surface area contributed by atoms with Gasteiger partial charge in [-0.15, -0.1) is 0 Å². The smallest absolute Gasteiger partial charge is 0.0670 e. The number of halogens is 1. The van der Waals surface area contributed by atoms with Gasteiger partial charge in [-0.25, -0.2) is 0 Å². The van der Waals surface area contributed by atoms with Crippen LogP contribution >= 0.6 is 11.6 Å².